The zero-order chi connectivity index (χ0) is 29.1. The minimum absolute atomic E-state index is 0.157. The number of anilines is 1. The third kappa shape index (κ3) is 8.09. The Balaban J connectivity index is 1.57. The number of benzene rings is 2. The fraction of sp³-hybridized carbons (Fsp3) is 0.385. The molecule has 0 radical (unpaired) electrons. The van der Waals surface area contributed by atoms with Gasteiger partial charge in [0.25, 0.3) is 11.8 Å². The number of esters is 1. The van der Waals surface area contributed by atoms with E-state index >= 15 is 0 Å². The zero-order valence-corrected chi connectivity index (χ0v) is 23.3. The van der Waals surface area contributed by atoms with E-state index in [2.05, 4.69) is 16.0 Å². The number of nitrogens with one attached hydrogen (secondary N) is 3. The topological polar surface area (TPSA) is 160 Å². The van der Waals surface area contributed by atoms with Crippen LogP contribution in [0.4, 0.5) is 10.5 Å². The average Bonchev–Trinajstić information content (AvgIpc) is 2.96. The van der Waals surface area contributed by atoms with Crippen LogP contribution >= 0.6 is 11.8 Å². The highest BCUT2D eigenvalue weighted by molar-refractivity contribution is 7.98. The van der Waals surface area contributed by atoms with Gasteiger partial charge in [0.1, 0.15) is 19.3 Å². The van der Waals surface area contributed by atoms with Crippen molar-refractivity contribution in [2.75, 3.05) is 58.5 Å². The molecule has 1 aliphatic rings. The van der Waals surface area contributed by atoms with Crippen LogP contribution in [0.15, 0.2) is 30.3 Å². The van der Waals surface area contributed by atoms with Crippen LogP contribution in [0.2, 0.25) is 0 Å². The summed E-state index contributed by atoms with van der Waals surface area (Å²) in [5, 5.41) is 7.19. The molecule has 40 heavy (non-hydrogen) atoms. The Hall–Kier alpha value is -4.33. The average molecular weight is 578 g/mol. The predicted octanol–water partition coefficient (Wildman–Crippen LogP) is 2.23. The minimum atomic E-state index is -1.06. The van der Waals surface area contributed by atoms with E-state index in [0.717, 1.165) is 0 Å². The number of rotatable bonds is 12. The molecule has 0 fully saturated rings. The van der Waals surface area contributed by atoms with Crippen molar-refractivity contribution in [1.29, 1.82) is 0 Å². The van der Waals surface area contributed by atoms with Gasteiger partial charge in [-0.2, -0.15) is 11.8 Å². The van der Waals surface area contributed by atoms with E-state index in [4.69, 9.17) is 28.4 Å². The number of amides is 4. The molecule has 0 saturated heterocycles. The molecule has 216 valence electrons. The zero-order valence-electron chi connectivity index (χ0n) is 22.5. The third-order valence-corrected chi connectivity index (χ3v) is 6.17. The number of thioether (sulfide) groups is 1. The van der Waals surface area contributed by atoms with E-state index in [1.165, 1.54) is 45.2 Å². The molecule has 1 heterocycles. The van der Waals surface area contributed by atoms with Gasteiger partial charge in [0.2, 0.25) is 5.75 Å². The molecule has 0 saturated carbocycles. The van der Waals surface area contributed by atoms with Crippen LogP contribution in [0.25, 0.3) is 0 Å². The Morgan fingerprint density at radius 2 is 1.62 bits per heavy atom. The Kier molecular flexibility index (Phi) is 11.1. The molecule has 2 aromatic carbocycles. The monoisotopic (exact) mass is 577 g/mol. The summed E-state index contributed by atoms with van der Waals surface area (Å²) in [4.78, 5) is 50.2. The van der Waals surface area contributed by atoms with Gasteiger partial charge in [0, 0.05) is 17.3 Å². The Morgan fingerprint density at radius 1 is 0.950 bits per heavy atom. The first-order valence-electron chi connectivity index (χ1n) is 12.1. The number of hydrogen-bond donors (Lipinski definition) is 3. The maximum atomic E-state index is 13.0. The standard InChI is InChI=1S/C26H31N3O10S/c1-34-20-11-15(12-21(35-2)23(20)36-3)24(31)28-17(7-10-40-4)25(32)39-14-22(30)29-26(33)27-16-5-6-18-19(13-16)38-9-8-37-18/h5-6,11-13,17H,7-10,14H2,1-4H3,(H,28,31)(H2,27,29,30,33)/t17-/m0/s1. The second kappa shape index (κ2) is 14.7. The van der Waals surface area contributed by atoms with Gasteiger partial charge in [0.15, 0.2) is 29.6 Å². The number of hydrogen-bond acceptors (Lipinski definition) is 11. The summed E-state index contributed by atoms with van der Waals surface area (Å²) in [6, 6.07) is 5.79. The molecule has 1 atom stereocenters. The fourth-order valence-corrected chi connectivity index (χ4v) is 4.09. The Morgan fingerprint density at radius 3 is 2.25 bits per heavy atom. The summed E-state index contributed by atoms with van der Waals surface area (Å²) < 4.78 is 31.8. The van der Waals surface area contributed by atoms with Crippen molar-refractivity contribution in [1.82, 2.24) is 10.6 Å². The molecule has 4 amide bonds. The van der Waals surface area contributed by atoms with Crippen molar-refractivity contribution < 1.29 is 47.6 Å². The number of methoxy groups -OCH3 is 3. The summed E-state index contributed by atoms with van der Waals surface area (Å²) in [5.41, 5.74) is 0.531. The summed E-state index contributed by atoms with van der Waals surface area (Å²) in [7, 11) is 4.27. The van der Waals surface area contributed by atoms with Crippen LogP contribution < -0.4 is 39.6 Å². The van der Waals surface area contributed by atoms with Crippen molar-refractivity contribution in [3.63, 3.8) is 0 Å². The van der Waals surface area contributed by atoms with E-state index in [1.807, 2.05) is 6.26 Å². The van der Waals surface area contributed by atoms with Crippen molar-refractivity contribution >= 4 is 41.3 Å². The van der Waals surface area contributed by atoms with Gasteiger partial charge in [-0.05, 0) is 42.7 Å². The highest BCUT2D eigenvalue weighted by atomic mass is 32.2. The highest BCUT2D eigenvalue weighted by Gasteiger charge is 2.25. The van der Waals surface area contributed by atoms with E-state index in [-0.39, 0.29) is 23.5 Å². The lowest BCUT2D eigenvalue weighted by Crippen LogP contribution is -2.44. The summed E-state index contributed by atoms with van der Waals surface area (Å²) in [6.45, 7) is 0.0802. The molecule has 0 spiro atoms. The van der Waals surface area contributed by atoms with Gasteiger partial charge in [-0.3, -0.25) is 14.9 Å². The number of fused-ring (bicyclic) bond motifs is 1. The van der Waals surface area contributed by atoms with Crippen molar-refractivity contribution in [3.05, 3.63) is 35.9 Å². The number of carbonyl (C=O) groups is 4. The molecule has 1 aliphatic heterocycles. The number of imide groups is 1. The predicted molar refractivity (Wildman–Crippen MR) is 146 cm³/mol. The maximum absolute atomic E-state index is 13.0. The molecule has 2 aromatic rings. The van der Waals surface area contributed by atoms with Gasteiger partial charge in [0.05, 0.1) is 21.3 Å². The lowest BCUT2D eigenvalue weighted by atomic mass is 10.1. The van der Waals surface area contributed by atoms with Gasteiger partial charge < -0.3 is 39.1 Å². The van der Waals surface area contributed by atoms with E-state index in [0.29, 0.717) is 41.9 Å². The first kappa shape index (κ1) is 30.2. The van der Waals surface area contributed by atoms with E-state index in [1.54, 1.807) is 18.2 Å². The SMILES string of the molecule is COc1cc(C(=O)N[C@@H](CCSC)C(=O)OCC(=O)NC(=O)Nc2ccc3c(c2)OCCO3)cc(OC)c1OC. The maximum Gasteiger partial charge on any atom is 0.329 e. The van der Waals surface area contributed by atoms with Gasteiger partial charge in [-0.1, -0.05) is 0 Å². The van der Waals surface area contributed by atoms with Crippen molar-refractivity contribution in [3.8, 4) is 28.7 Å². The van der Waals surface area contributed by atoms with E-state index in [9.17, 15) is 19.2 Å². The minimum Gasteiger partial charge on any atom is -0.493 e. The Bertz CT molecular complexity index is 1210. The number of ether oxygens (including phenoxy) is 6. The van der Waals surface area contributed by atoms with Crippen molar-refractivity contribution in [2.45, 2.75) is 12.5 Å². The molecule has 13 nitrogen and oxygen atoms in total. The second-order valence-corrected chi connectivity index (χ2v) is 9.18. The molecular weight excluding hydrogens is 546 g/mol. The van der Waals surface area contributed by atoms with Crippen LogP contribution in [0.1, 0.15) is 16.8 Å². The smallest absolute Gasteiger partial charge is 0.329 e. The molecule has 0 aliphatic carbocycles. The molecule has 3 rings (SSSR count). The summed E-state index contributed by atoms with van der Waals surface area (Å²) >= 11 is 1.46. The van der Waals surface area contributed by atoms with Crippen LogP contribution in [0, 0.1) is 0 Å². The fourth-order valence-electron chi connectivity index (χ4n) is 3.62. The molecular formula is C26H31N3O10S. The summed E-state index contributed by atoms with van der Waals surface area (Å²) in [6.07, 6.45) is 2.08. The van der Waals surface area contributed by atoms with Crippen molar-refractivity contribution in [2.24, 2.45) is 0 Å². The van der Waals surface area contributed by atoms with Gasteiger partial charge >= 0.3 is 12.0 Å². The largest absolute Gasteiger partial charge is 0.493 e. The van der Waals surface area contributed by atoms with Gasteiger partial charge in [-0.25, -0.2) is 9.59 Å². The molecule has 0 aromatic heterocycles. The normalized spacial score (nSPS) is 12.4. The number of carbonyl (C=O) groups excluding carboxylic acids is 4. The molecule has 0 bridgehead atoms. The lowest BCUT2D eigenvalue weighted by molar-refractivity contribution is -0.150. The summed E-state index contributed by atoms with van der Waals surface area (Å²) in [5.74, 6) is 0.0969. The van der Waals surface area contributed by atoms with E-state index < -0.39 is 36.5 Å². The first-order valence-corrected chi connectivity index (χ1v) is 13.5. The van der Waals surface area contributed by atoms with Crippen LogP contribution in [-0.2, 0) is 14.3 Å². The lowest BCUT2D eigenvalue weighted by Gasteiger charge is -2.19. The Labute approximate surface area is 235 Å². The molecule has 0 unspecified atom stereocenters. The van der Waals surface area contributed by atoms with Crippen LogP contribution in [-0.4, -0.2) is 83.0 Å². The second-order valence-electron chi connectivity index (χ2n) is 8.19. The third-order valence-electron chi connectivity index (χ3n) is 5.53. The first-order chi connectivity index (χ1) is 19.3. The van der Waals surface area contributed by atoms with Gasteiger partial charge in [-0.15, -0.1) is 0 Å². The van der Waals surface area contributed by atoms with Crippen LogP contribution in [0.3, 0.4) is 0 Å². The molecule has 14 heteroatoms. The quantitative estimate of drug-likeness (QED) is 0.318. The molecule has 3 N–H and O–H groups in total. The number of urea groups is 1. The highest BCUT2D eigenvalue weighted by Crippen LogP contribution is 2.38. The van der Waals surface area contributed by atoms with Crippen LogP contribution in [0.5, 0.6) is 28.7 Å².